The molecule has 140 valence electrons. The van der Waals surface area contributed by atoms with Crippen LogP contribution in [-0.4, -0.2) is 43.1 Å². The van der Waals surface area contributed by atoms with Gasteiger partial charge in [0, 0.05) is 55.2 Å². The van der Waals surface area contributed by atoms with Gasteiger partial charge in [-0.1, -0.05) is 6.92 Å². The third-order valence-corrected chi connectivity index (χ3v) is 5.18. The molecule has 0 amide bonds. The van der Waals surface area contributed by atoms with Gasteiger partial charge in [-0.15, -0.1) is 0 Å². The summed E-state index contributed by atoms with van der Waals surface area (Å²) in [7, 11) is 0. The Morgan fingerprint density at radius 2 is 1.96 bits per heavy atom. The molecule has 1 aliphatic rings. The Morgan fingerprint density at radius 3 is 2.63 bits per heavy atom. The highest BCUT2D eigenvalue weighted by molar-refractivity contribution is 5.57. The number of H-pyrrole nitrogens is 1. The van der Waals surface area contributed by atoms with E-state index < -0.39 is 6.10 Å². The van der Waals surface area contributed by atoms with Crippen LogP contribution in [0.5, 0.6) is 0 Å². The van der Waals surface area contributed by atoms with Gasteiger partial charge >= 0.3 is 0 Å². The van der Waals surface area contributed by atoms with Gasteiger partial charge in [0.2, 0.25) is 0 Å². The van der Waals surface area contributed by atoms with Crippen molar-refractivity contribution < 1.29 is 5.11 Å². The summed E-state index contributed by atoms with van der Waals surface area (Å²) in [6, 6.07) is 5.95. The molecular weight excluding hydrogens is 340 g/mol. The van der Waals surface area contributed by atoms with Crippen LogP contribution in [0.1, 0.15) is 37.4 Å². The maximum absolute atomic E-state index is 10.5. The topological polar surface area (TPSA) is 90.8 Å². The number of aromatic amines is 1. The van der Waals surface area contributed by atoms with Crippen molar-refractivity contribution >= 4 is 5.82 Å². The molecule has 0 spiro atoms. The van der Waals surface area contributed by atoms with Crippen LogP contribution < -0.4 is 4.90 Å². The van der Waals surface area contributed by atoms with Crippen molar-refractivity contribution in [2.75, 3.05) is 18.0 Å². The number of piperidine rings is 1. The molecule has 1 atom stereocenters. The molecule has 4 heterocycles. The Labute approximate surface area is 158 Å². The molecule has 4 rings (SSSR count). The van der Waals surface area contributed by atoms with Gasteiger partial charge in [-0.25, -0.2) is 15.0 Å². The molecule has 0 radical (unpaired) electrons. The number of pyridine rings is 1. The van der Waals surface area contributed by atoms with E-state index in [-0.39, 0.29) is 5.92 Å². The van der Waals surface area contributed by atoms with Gasteiger partial charge in [0.05, 0.1) is 0 Å². The van der Waals surface area contributed by atoms with Gasteiger partial charge in [0.1, 0.15) is 17.7 Å². The predicted octanol–water partition coefficient (Wildman–Crippen LogP) is 2.77. The van der Waals surface area contributed by atoms with Crippen LogP contribution in [0.25, 0.3) is 11.4 Å². The van der Waals surface area contributed by atoms with Crippen LogP contribution in [0.3, 0.4) is 0 Å². The number of imidazole rings is 1. The zero-order valence-corrected chi connectivity index (χ0v) is 15.4. The molecule has 0 aromatic carbocycles. The van der Waals surface area contributed by atoms with Crippen LogP contribution in [0.4, 0.5) is 5.82 Å². The van der Waals surface area contributed by atoms with E-state index in [1.54, 1.807) is 24.8 Å². The summed E-state index contributed by atoms with van der Waals surface area (Å²) in [5.41, 5.74) is 2.01. The first-order valence-electron chi connectivity index (χ1n) is 9.45. The maximum Gasteiger partial charge on any atom is 0.161 e. The SMILES string of the molecule is CCc1cc(N2CCC(C(O)c3ncc[nH]3)CC2)nc(-c2ccncc2)n1. The Kier molecular flexibility index (Phi) is 5.11. The number of hydrogen-bond acceptors (Lipinski definition) is 6. The lowest BCUT2D eigenvalue weighted by atomic mass is 9.91. The van der Waals surface area contributed by atoms with Gasteiger partial charge in [-0.3, -0.25) is 4.98 Å². The molecule has 0 bridgehead atoms. The number of anilines is 1. The average Bonchev–Trinajstić information content (AvgIpc) is 3.28. The number of nitrogens with zero attached hydrogens (tertiary/aromatic N) is 5. The van der Waals surface area contributed by atoms with Crippen molar-refractivity contribution in [3.05, 3.63) is 54.5 Å². The largest absolute Gasteiger partial charge is 0.385 e. The zero-order chi connectivity index (χ0) is 18.6. The van der Waals surface area contributed by atoms with E-state index >= 15 is 0 Å². The summed E-state index contributed by atoms with van der Waals surface area (Å²) < 4.78 is 0. The van der Waals surface area contributed by atoms with E-state index in [0.29, 0.717) is 5.82 Å². The summed E-state index contributed by atoms with van der Waals surface area (Å²) in [6.07, 6.45) is 9.09. The number of hydrogen-bond donors (Lipinski definition) is 2. The number of rotatable bonds is 5. The lowest BCUT2D eigenvalue weighted by Crippen LogP contribution is -2.36. The first-order chi connectivity index (χ1) is 13.2. The number of aryl methyl sites for hydroxylation is 1. The molecule has 7 heteroatoms. The van der Waals surface area contributed by atoms with Gasteiger partial charge in [0.25, 0.3) is 0 Å². The fraction of sp³-hybridized carbons (Fsp3) is 0.400. The molecule has 3 aromatic heterocycles. The summed E-state index contributed by atoms with van der Waals surface area (Å²) in [4.78, 5) is 23.0. The highest BCUT2D eigenvalue weighted by Crippen LogP contribution is 2.31. The standard InChI is InChI=1S/C20H24N6O/c1-2-16-13-17(25-19(24-16)15-3-7-21-8-4-15)26-11-5-14(6-12-26)18(27)20-22-9-10-23-20/h3-4,7-10,13-14,18,27H,2,5-6,11-12H2,1H3,(H,22,23). The third-order valence-electron chi connectivity index (χ3n) is 5.18. The van der Waals surface area contributed by atoms with Gasteiger partial charge < -0.3 is 15.0 Å². The maximum atomic E-state index is 10.5. The Morgan fingerprint density at radius 1 is 1.19 bits per heavy atom. The van der Waals surface area contributed by atoms with Crippen LogP contribution in [-0.2, 0) is 6.42 Å². The van der Waals surface area contributed by atoms with Crippen molar-refractivity contribution in [1.82, 2.24) is 24.9 Å². The van der Waals surface area contributed by atoms with E-state index in [0.717, 1.165) is 55.3 Å². The highest BCUT2D eigenvalue weighted by atomic mass is 16.3. The molecule has 7 nitrogen and oxygen atoms in total. The molecule has 1 unspecified atom stereocenters. The van der Waals surface area contributed by atoms with Crippen molar-refractivity contribution in [3.8, 4) is 11.4 Å². The monoisotopic (exact) mass is 364 g/mol. The van der Waals surface area contributed by atoms with Crippen LogP contribution in [0.15, 0.2) is 43.0 Å². The van der Waals surface area contributed by atoms with Crippen molar-refractivity contribution in [1.29, 1.82) is 0 Å². The van der Waals surface area contributed by atoms with E-state index in [9.17, 15) is 5.11 Å². The average molecular weight is 364 g/mol. The van der Waals surface area contributed by atoms with E-state index in [1.165, 1.54) is 0 Å². The molecule has 1 saturated heterocycles. The van der Waals surface area contributed by atoms with E-state index in [2.05, 4.69) is 37.8 Å². The molecule has 1 aliphatic heterocycles. The molecule has 0 aliphatic carbocycles. The van der Waals surface area contributed by atoms with Crippen molar-refractivity contribution in [2.24, 2.45) is 5.92 Å². The fourth-order valence-electron chi connectivity index (χ4n) is 3.56. The van der Waals surface area contributed by atoms with Crippen LogP contribution >= 0.6 is 0 Å². The number of aliphatic hydroxyl groups excluding tert-OH is 1. The van der Waals surface area contributed by atoms with E-state index in [4.69, 9.17) is 4.98 Å². The minimum atomic E-state index is -0.536. The lowest BCUT2D eigenvalue weighted by molar-refractivity contribution is 0.0856. The minimum Gasteiger partial charge on any atom is -0.385 e. The molecular formula is C20H24N6O. The zero-order valence-electron chi connectivity index (χ0n) is 15.4. The van der Waals surface area contributed by atoms with Crippen molar-refractivity contribution in [2.45, 2.75) is 32.3 Å². The summed E-state index contributed by atoms with van der Waals surface area (Å²) in [5.74, 6) is 2.56. The molecule has 1 fully saturated rings. The second kappa shape index (κ2) is 7.84. The third kappa shape index (κ3) is 3.83. The Bertz CT molecular complexity index is 859. The molecule has 0 saturated carbocycles. The lowest BCUT2D eigenvalue weighted by Gasteiger charge is -2.34. The van der Waals surface area contributed by atoms with Gasteiger partial charge in [0.15, 0.2) is 5.82 Å². The van der Waals surface area contributed by atoms with Crippen LogP contribution in [0, 0.1) is 5.92 Å². The minimum absolute atomic E-state index is 0.208. The number of aliphatic hydroxyl groups is 1. The normalized spacial score (nSPS) is 16.4. The van der Waals surface area contributed by atoms with Crippen LogP contribution in [0.2, 0.25) is 0 Å². The quantitative estimate of drug-likeness (QED) is 0.723. The fourth-order valence-corrected chi connectivity index (χ4v) is 3.56. The smallest absolute Gasteiger partial charge is 0.161 e. The Hall–Kier alpha value is -2.80. The van der Waals surface area contributed by atoms with Gasteiger partial charge in [-0.2, -0.15) is 0 Å². The second-order valence-electron chi connectivity index (χ2n) is 6.87. The first kappa shape index (κ1) is 17.6. The number of nitrogens with one attached hydrogen (secondary N) is 1. The van der Waals surface area contributed by atoms with E-state index in [1.807, 2.05) is 12.1 Å². The van der Waals surface area contributed by atoms with Crippen molar-refractivity contribution in [3.63, 3.8) is 0 Å². The molecule has 27 heavy (non-hydrogen) atoms. The van der Waals surface area contributed by atoms with Gasteiger partial charge in [-0.05, 0) is 37.3 Å². The number of aromatic nitrogens is 5. The predicted molar refractivity (Wildman–Crippen MR) is 103 cm³/mol. The molecule has 3 aromatic rings. The second-order valence-corrected chi connectivity index (χ2v) is 6.87. The Balaban J connectivity index is 1.51. The first-order valence-corrected chi connectivity index (χ1v) is 9.45. The summed E-state index contributed by atoms with van der Waals surface area (Å²) >= 11 is 0. The highest BCUT2D eigenvalue weighted by Gasteiger charge is 2.28. The summed E-state index contributed by atoms with van der Waals surface area (Å²) in [5, 5.41) is 10.5. The molecule has 2 N–H and O–H groups in total. The summed E-state index contributed by atoms with van der Waals surface area (Å²) in [6.45, 7) is 3.82.